The molecule has 17 heavy (non-hydrogen) atoms. The Bertz CT molecular complexity index is 263. The van der Waals surface area contributed by atoms with E-state index in [1.165, 1.54) is 0 Å². The van der Waals surface area contributed by atoms with Crippen molar-refractivity contribution in [3.63, 3.8) is 0 Å². The van der Waals surface area contributed by atoms with Crippen molar-refractivity contribution in [3.05, 3.63) is 12.2 Å². The fraction of sp³-hybridized carbons (Fsp3) is 0.667. The van der Waals surface area contributed by atoms with Gasteiger partial charge in [-0.1, -0.05) is 12.2 Å². The fourth-order valence-corrected chi connectivity index (χ4v) is 1.24. The first-order valence-corrected chi connectivity index (χ1v) is 5.82. The first-order chi connectivity index (χ1) is 8.11. The highest BCUT2D eigenvalue weighted by molar-refractivity contribution is 5.83. The maximum atomic E-state index is 11.4. The van der Waals surface area contributed by atoms with Gasteiger partial charge in [0, 0.05) is 19.6 Å². The van der Waals surface area contributed by atoms with Crippen LogP contribution in [-0.4, -0.2) is 36.2 Å². The number of aliphatic carboxylic acids is 1. The number of carboxylic acids is 1. The zero-order valence-corrected chi connectivity index (χ0v) is 10.4. The molecular formula is C12H21NO4. The number of nitrogens with one attached hydrogen (secondary N) is 1. The summed E-state index contributed by atoms with van der Waals surface area (Å²) in [6, 6.07) is -0.842. The molecule has 0 saturated heterocycles. The SMILES string of the molecule is C/C=C/CC(NC(=O)CCCOCC)C(=O)O. The molecule has 0 aliphatic rings. The van der Waals surface area contributed by atoms with Crippen molar-refractivity contribution in [2.75, 3.05) is 13.2 Å². The Morgan fingerprint density at radius 1 is 1.47 bits per heavy atom. The number of hydrogen-bond donors (Lipinski definition) is 2. The van der Waals surface area contributed by atoms with Gasteiger partial charge in [-0.05, 0) is 26.7 Å². The summed E-state index contributed by atoms with van der Waals surface area (Å²) in [7, 11) is 0. The molecule has 5 nitrogen and oxygen atoms in total. The minimum absolute atomic E-state index is 0.249. The smallest absolute Gasteiger partial charge is 0.326 e. The third kappa shape index (κ3) is 8.45. The Labute approximate surface area is 102 Å². The van der Waals surface area contributed by atoms with Crippen molar-refractivity contribution in [1.29, 1.82) is 0 Å². The molecule has 0 rings (SSSR count). The summed E-state index contributed by atoms with van der Waals surface area (Å²) in [5, 5.41) is 11.4. The average Bonchev–Trinajstić information content (AvgIpc) is 2.29. The molecule has 0 spiro atoms. The van der Waals surface area contributed by atoms with Crippen LogP contribution in [0.2, 0.25) is 0 Å². The first-order valence-electron chi connectivity index (χ1n) is 5.82. The molecule has 0 radical (unpaired) electrons. The summed E-state index contributed by atoms with van der Waals surface area (Å²) in [5.74, 6) is -1.26. The third-order valence-corrected chi connectivity index (χ3v) is 2.14. The van der Waals surface area contributed by atoms with Crippen LogP contribution in [0.4, 0.5) is 0 Å². The van der Waals surface area contributed by atoms with E-state index in [9.17, 15) is 9.59 Å². The second-order valence-corrected chi connectivity index (χ2v) is 3.56. The van der Waals surface area contributed by atoms with E-state index in [0.717, 1.165) is 0 Å². The highest BCUT2D eigenvalue weighted by Gasteiger charge is 2.17. The minimum atomic E-state index is -1.01. The number of carbonyl (C=O) groups excluding carboxylic acids is 1. The predicted molar refractivity (Wildman–Crippen MR) is 64.7 cm³/mol. The number of hydrogen-bond acceptors (Lipinski definition) is 3. The molecule has 1 amide bonds. The lowest BCUT2D eigenvalue weighted by Crippen LogP contribution is -2.40. The van der Waals surface area contributed by atoms with Gasteiger partial charge in [-0.15, -0.1) is 0 Å². The van der Waals surface area contributed by atoms with E-state index >= 15 is 0 Å². The van der Waals surface area contributed by atoms with Crippen molar-refractivity contribution in [2.45, 2.75) is 39.2 Å². The molecule has 98 valence electrons. The number of carboxylic acid groups (broad SMARTS) is 1. The van der Waals surface area contributed by atoms with Crippen LogP contribution in [0.3, 0.4) is 0 Å². The molecule has 0 aliphatic carbocycles. The van der Waals surface area contributed by atoms with Crippen LogP contribution >= 0.6 is 0 Å². The molecule has 0 heterocycles. The van der Waals surface area contributed by atoms with E-state index in [1.54, 1.807) is 12.2 Å². The molecule has 1 unspecified atom stereocenters. The van der Waals surface area contributed by atoms with Crippen molar-refractivity contribution in [2.24, 2.45) is 0 Å². The maximum absolute atomic E-state index is 11.4. The van der Waals surface area contributed by atoms with Crippen LogP contribution in [0.25, 0.3) is 0 Å². The van der Waals surface area contributed by atoms with Crippen LogP contribution in [-0.2, 0) is 14.3 Å². The zero-order valence-electron chi connectivity index (χ0n) is 10.4. The number of allylic oxidation sites excluding steroid dienone is 1. The van der Waals surface area contributed by atoms with Gasteiger partial charge in [-0.25, -0.2) is 4.79 Å². The number of carbonyl (C=O) groups is 2. The Balaban J connectivity index is 3.91. The van der Waals surface area contributed by atoms with Gasteiger partial charge in [-0.2, -0.15) is 0 Å². The van der Waals surface area contributed by atoms with Crippen molar-refractivity contribution in [3.8, 4) is 0 Å². The van der Waals surface area contributed by atoms with Crippen LogP contribution in [0.5, 0.6) is 0 Å². The van der Waals surface area contributed by atoms with Gasteiger partial charge >= 0.3 is 5.97 Å². The predicted octanol–water partition coefficient (Wildman–Crippen LogP) is 1.34. The monoisotopic (exact) mass is 243 g/mol. The van der Waals surface area contributed by atoms with Crippen LogP contribution in [0, 0.1) is 0 Å². The molecule has 0 aliphatic heterocycles. The van der Waals surface area contributed by atoms with Crippen molar-refractivity contribution in [1.82, 2.24) is 5.32 Å². The number of amides is 1. The van der Waals surface area contributed by atoms with Crippen LogP contribution in [0.15, 0.2) is 12.2 Å². The molecule has 0 saturated carbocycles. The number of ether oxygens (including phenoxy) is 1. The van der Waals surface area contributed by atoms with Gasteiger partial charge in [0.15, 0.2) is 0 Å². The summed E-state index contributed by atoms with van der Waals surface area (Å²) in [5.41, 5.74) is 0. The van der Waals surface area contributed by atoms with E-state index in [4.69, 9.17) is 9.84 Å². The summed E-state index contributed by atoms with van der Waals surface area (Å²) in [6.07, 6.45) is 4.69. The molecule has 0 aromatic carbocycles. The van der Waals surface area contributed by atoms with E-state index < -0.39 is 12.0 Å². The summed E-state index contributed by atoms with van der Waals surface area (Å²) < 4.78 is 5.09. The van der Waals surface area contributed by atoms with E-state index in [0.29, 0.717) is 32.5 Å². The zero-order chi connectivity index (χ0) is 13.1. The lowest BCUT2D eigenvalue weighted by Gasteiger charge is -2.12. The highest BCUT2D eigenvalue weighted by Crippen LogP contribution is 1.97. The molecule has 0 aromatic heterocycles. The van der Waals surface area contributed by atoms with Crippen molar-refractivity contribution < 1.29 is 19.4 Å². The minimum Gasteiger partial charge on any atom is -0.480 e. The fourth-order valence-electron chi connectivity index (χ4n) is 1.24. The molecule has 2 N–H and O–H groups in total. The topological polar surface area (TPSA) is 75.6 Å². The van der Waals surface area contributed by atoms with E-state index in [2.05, 4.69) is 5.32 Å². The van der Waals surface area contributed by atoms with Gasteiger partial charge < -0.3 is 15.2 Å². The van der Waals surface area contributed by atoms with Gasteiger partial charge in [0.1, 0.15) is 6.04 Å². The molecule has 0 aromatic rings. The molecule has 0 fully saturated rings. The van der Waals surface area contributed by atoms with Gasteiger partial charge in [0.05, 0.1) is 0 Å². The highest BCUT2D eigenvalue weighted by atomic mass is 16.5. The quantitative estimate of drug-likeness (QED) is 0.473. The summed E-state index contributed by atoms with van der Waals surface area (Å²) in [4.78, 5) is 22.3. The summed E-state index contributed by atoms with van der Waals surface area (Å²) >= 11 is 0. The number of rotatable bonds is 9. The van der Waals surface area contributed by atoms with Gasteiger partial charge in [0.25, 0.3) is 0 Å². The molecule has 0 bridgehead atoms. The largest absolute Gasteiger partial charge is 0.480 e. The maximum Gasteiger partial charge on any atom is 0.326 e. The van der Waals surface area contributed by atoms with Gasteiger partial charge in [-0.3, -0.25) is 4.79 Å². The lowest BCUT2D eigenvalue weighted by molar-refractivity contribution is -0.141. The Morgan fingerprint density at radius 2 is 2.18 bits per heavy atom. The lowest BCUT2D eigenvalue weighted by atomic mass is 10.2. The van der Waals surface area contributed by atoms with Crippen LogP contribution < -0.4 is 5.32 Å². The Kier molecular flexibility index (Phi) is 9.05. The molecule has 5 heteroatoms. The average molecular weight is 243 g/mol. The standard InChI is InChI=1S/C12H21NO4/c1-3-5-7-10(12(15)16)13-11(14)8-6-9-17-4-2/h3,5,10H,4,6-9H2,1-2H3,(H,13,14)(H,15,16)/b5-3+. The van der Waals surface area contributed by atoms with E-state index in [-0.39, 0.29) is 5.91 Å². The third-order valence-electron chi connectivity index (χ3n) is 2.14. The van der Waals surface area contributed by atoms with Crippen LogP contribution in [0.1, 0.15) is 33.1 Å². The first kappa shape index (κ1) is 15.6. The Hall–Kier alpha value is -1.36. The second kappa shape index (κ2) is 9.84. The molecular weight excluding hydrogens is 222 g/mol. The van der Waals surface area contributed by atoms with Gasteiger partial charge in [0.2, 0.25) is 5.91 Å². The Morgan fingerprint density at radius 3 is 2.71 bits per heavy atom. The summed E-state index contributed by atoms with van der Waals surface area (Å²) in [6.45, 7) is 4.84. The normalized spacial score (nSPS) is 12.6. The van der Waals surface area contributed by atoms with E-state index in [1.807, 2.05) is 13.8 Å². The second-order valence-electron chi connectivity index (χ2n) is 3.56. The molecule has 1 atom stereocenters. The van der Waals surface area contributed by atoms with Crippen molar-refractivity contribution >= 4 is 11.9 Å².